The molecule has 0 aromatic heterocycles. The second kappa shape index (κ2) is 9.02. The van der Waals surface area contributed by atoms with Crippen molar-refractivity contribution in [2.24, 2.45) is 0 Å². The quantitative estimate of drug-likeness (QED) is 0.326. The summed E-state index contributed by atoms with van der Waals surface area (Å²) >= 11 is 0. The van der Waals surface area contributed by atoms with E-state index in [4.69, 9.17) is 9.47 Å². The molecular weight excluding hydrogens is 437 g/mol. The van der Waals surface area contributed by atoms with Crippen LogP contribution < -0.4 is 14.4 Å². The first-order chi connectivity index (χ1) is 16.3. The fourth-order valence-corrected chi connectivity index (χ4v) is 4.09. The van der Waals surface area contributed by atoms with E-state index in [0.29, 0.717) is 17.0 Å². The molecule has 6 nitrogen and oxygen atoms in total. The van der Waals surface area contributed by atoms with Gasteiger partial charge in [0.2, 0.25) is 0 Å². The number of aliphatic hydroxyl groups excluding tert-OH is 1. The molecule has 0 bridgehead atoms. The fraction of sp³-hybridized carbons (Fsp3) is 0.185. The van der Waals surface area contributed by atoms with Gasteiger partial charge in [-0.1, -0.05) is 18.2 Å². The second-order valence-corrected chi connectivity index (χ2v) is 8.06. The first-order valence-corrected chi connectivity index (χ1v) is 10.6. The van der Waals surface area contributed by atoms with Crippen molar-refractivity contribution >= 4 is 23.1 Å². The van der Waals surface area contributed by atoms with Gasteiger partial charge in [-0.05, 0) is 73.0 Å². The average Bonchev–Trinajstić information content (AvgIpc) is 3.10. The van der Waals surface area contributed by atoms with Gasteiger partial charge in [0.1, 0.15) is 23.1 Å². The minimum absolute atomic E-state index is 0.0147. The lowest BCUT2D eigenvalue weighted by Gasteiger charge is -2.26. The third-order valence-corrected chi connectivity index (χ3v) is 6.06. The Balaban J connectivity index is 1.98. The van der Waals surface area contributed by atoms with Crippen LogP contribution in [-0.2, 0) is 9.59 Å². The molecule has 174 valence electrons. The Morgan fingerprint density at radius 1 is 0.912 bits per heavy atom. The number of hydrogen-bond donors (Lipinski definition) is 1. The number of benzene rings is 3. The van der Waals surface area contributed by atoms with E-state index in [0.717, 1.165) is 17.2 Å². The van der Waals surface area contributed by atoms with E-state index in [9.17, 15) is 19.1 Å². The maximum absolute atomic E-state index is 14.1. The molecule has 34 heavy (non-hydrogen) atoms. The van der Waals surface area contributed by atoms with Crippen LogP contribution in [0.1, 0.15) is 28.3 Å². The molecule has 1 heterocycles. The van der Waals surface area contributed by atoms with Crippen LogP contribution in [0.3, 0.4) is 0 Å². The molecule has 0 spiro atoms. The van der Waals surface area contributed by atoms with Crippen molar-refractivity contribution in [3.05, 3.63) is 94.3 Å². The number of ether oxygens (including phenoxy) is 2. The maximum Gasteiger partial charge on any atom is 0.300 e. The Labute approximate surface area is 196 Å². The SMILES string of the molecule is COc1ccc(C2/C(=C(\O)c3cc(F)ccc3OC)C(=O)C(=O)N2c2ccc(C)c(C)c2)cc1. The zero-order valence-electron chi connectivity index (χ0n) is 19.3. The number of rotatable bonds is 5. The van der Waals surface area contributed by atoms with Crippen LogP contribution in [0.15, 0.2) is 66.2 Å². The summed E-state index contributed by atoms with van der Waals surface area (Å²) in [5, 5.41) is 11.2. The summed E-state index contributed by atoms with van der Waals surface area (Å²) in [6.07, 6.45) is 0. The summed E-state index contributed by atoms with van der Waals surface area (Å²) in [6.45, 7) is 3.86. The number of carbonyl (C=O) groups is 2. The van der Waals surface area contributed by atoms with E-state index in [-0.39, 0.29) is 16.9 Å². The minimum atomic E-state index is -0.944. The largest absolute Gasteiger partial charge is 0.507 e. The van der Waals surface area contributed by atoms with Crippen LogP contribution in [-0.4, -0.2) is 31.0 Å². The van der Waals surface area contributed by atoms with Crippen LogP contribution in [0.25, 0.3) is 5.76 Å². The van der Waals surface area contributed by atoms with E-state index < -0.39 is 29.3 Å². The van der Waals surface area contributed by atoms with Gasteiger partial charge in [-0.25, -0.2) is 4.39 Å². The zero-order chi connectivity index (χ0) is 24.6. The van der Waals surface area contributed by atoms with Crippen molar-refractivity contribution in [3.8, 4) is 11.5 Å². The smallest absolute Gasteiger partial charge is 0.300 e. The molecule has 1 unspecified atom stereocenters. The molecule has 1 N–H and O–H groups in total. The predicted octanol–water partition coefficient (Wildman–Crippen LogP) is 5.09. The third-order valence-electron chi connectivity index (χ3n) is 6.06. The zero-order valence-corrected chi connectivity index (χ0v) is 19.3. The Morgan fingerprint density at radius 2 is 1.62 bits per heavy atom. The van der Waals surface area contributed by atoms with Crippen LogP contribution in [0.4, 0.5) is 10.1 Å². The van der Waals surface area contributed by atoms with Crippen molar-refractivity contribution in [2.45, 2.75) is 19.9 Å². The number of Topliss-reactive ketones (excluding diaryl/α,β-unsaturated/α-hetero) is 1. The van der Waals surface area contributed by atoms with E-state index in [1.165, 1.54) is 31.3 Å². The highest BCUT2D eigenvalue weighted by atomic mass is 19.1. The number of halogens is 1. The Hall–Kier alpha value is -4.13. The number of ketones is 1. The van der Waals surface area contributed by atoms with E-state index in [1.807, 2.05) is 26.0 Å². The van der Waals surface area contributed by atoms with Gasteiger partial charge in [0.25, 0.3) is 11.7 Å². The van der Waals surface area contributed by atoms with Gasteiger partial charge in [-0.2, -0.15) is 0 Å². The molecule has 0 aliphatic carbocycles. The number of amides is 1. The van der Waals surface area contributed by atoms with Gasteiger partial charge in [0.15, 0.2) is 0 Å². The van der Waals surface area contributed by atoms with Crippen molar-refractivity contribution in [2.75, 3.05) is 19.1 Å². The highest BCUT2D eigenvalue weighted by molar-refractivity contribution is 6.51. The number of hydrogen-bond acceptors (Lipinski definition) is 5. The summed E-state index contributed by atoms with van der Waals surface area (Å²) in [5.74, 6) is -2.03. The van der Waals surface area contributed by atoms with Gasteiger partial charge in [-0.15, -0.1) is 0 Å². The van der Waals surface area contributed by atoms with Crippen LogP contribution in [0.2, 0.25) is 0 Å². The Kier molecular flexibility index (Phi) is 6.11. The first kappa shape index (κ1) is 23.0. The summed E-state index contributed by atoms with van der Waals surface area (Å²) in [6, 6.07) is 15.0. The number of nitrogens with zero attached hydrogens (tertiary/aromatic N) is 1. The second-order valence-electron chi connectivity index (χ2n) is 8.06. The molecule has 3 aromatic carbocycles. The molecule has 4 rings (SSSR count). The molecule has 7 heteroatoms. The minimum Gasteiger partial charge on any atom is -0.507 e. The highest BCUT2D eigenvalue weighted by Crippen LogP contribution is 2.43. The molecule has 0 saturated carbocycles. The molecular formula is C27H24FNO5. The number of methoxy groups -OCH3 is 2. The van der Waals surface area contributed by atoms with Gasteiger partial charge < -0.3 is 14.6 Å². The topological polar surface area (TPSA) is 76.1 Å². The maximum atomic E-state index is 14.1. The lowest BCUT2D eigenvalue weighted by molar-refractivity contribution is -0.132. The van der Waals surface area contributed by atoms with Crippen molar-refractivity contribution in [1.29, 1.82) is 0 Å². The number of anilines is 1. The standard InChI is InChI=1S/C27H24FNO5/c1-15-5-9-19(13-16(15)2)29-24(17-6-10-20(33-3)11-7-17)23(26(31)27(29)32)25(30)21-14-18(28)8-12-22(21)34-4/h5-14,24,30H,1-4H3/b25-23+. The first-order valence-electron chi connectivity index (χ1n) is 10.6. The molecule has 1 aliphatic rings. The summed E-state index contributed by atoms with van der Waals surface area (Å²) in [7, 11) is 2.91. The van der Waals surface area contributed by atoms with Crippen molar-refractivity contribution in [3.63, 3.8) is 0 Å². The van der Waals surface area contributed by atoms with Crippen LogP contribution in [0.5, 0.6) is 11.5 Å². The molecule has 1 saturated heterocycles. The van der Waals surface area contributed by atoms with Gasteiger partial charge >= 0.3 is 0 Å². The molecule has 1 fully saturated rings. The van der Waals surface area contributed by atoms with Crippen LogP contribution in [0, 0.1) is 19.7 Å². The predicted molar refractivity (Wildman–Crippen MR) is 127 cm³/mol. The Bertz CT molecular complexity index is 1310. The average molecular weight is 461 g/mol. The lowest BCUT2D eigenvalue weighted by Crippen LogP contribution is -2.29. The summed E-state index contributed by atoms with van der Waals surface area (Å²) in [5.41, 5.74) is 2.90. The van der Waals surface area contributed by atoms with Crippen molar-refractivity contribution in [1.82, 2.24) is 0 Å². The van der Waals surface area contributed by atoms with Crippen LogP contribution >= 0.6 is 0 Å². The van der Waals surface area contributed by atoms with Gasteiger partial charge in [0.05, 0.1) is 31.4 Å². The molecule has 0 radical (unpaired) electrons. The van der Waals surface area contributed by atoms with E-state index in [1.54, 1.807) is 30.3 Å². The van der Waals surface area contributed by atoms with E-state index in [2.05, 4.69) is 0 Å². The number of carbonyl (C=O) groups excluding carboxylic acids is 2. The number of aryl methyl sites for hydroxylation is 2. The van der Waals surface area contributed by atoms with E-state index >= 15 is 0 Å². The monoisotopic (exact) mass is 461 g/mol. The third kappa shape index (κ3) is 3.90. The van der Waals surface area contributed by atoms with Gasteiger partial charge in [-0.3, -0.25) is 14.5 Å². The highest BCUT2D eigenvalue weighted by Gasteiger charge is 2.47. The normalized spacial score (nSPS) is 17.2. The molecule has 1 atom stereocenters. The van der Waals surface area contributed by atoms with Crippen molar-refractivity contribution < 1.29 is 28.6 Å². The summed E-state index contributed by atoms with van der Waals surface area (Å²) < 4.78 is 24.6. The molecule has 1 amide bonds. The van der Waals surface area contributed by atoms with Gasteiger partial charge in [0, 0.05) is 5.69 Å². The Morgan fingerprint density at radius 3 is 2.24 bits per heavy atom. The number of aliphatic hydroxyl groups is 1. The summed E-state index contributed by atoms with van der Waals surface area (Å²) in [4.78, 5) is 27.9. The lowest BCUT2D eigenvalue weighted by atomic mass is 9.94. The fourth-order valence-electron chi connectivity index (χ4n) is 4.09. The molecule has 1 aliphatic heterocycles. The molecule has 3 aromatic rings.